The van der Waals surface area contributed by atoms with Crippen molar-refractivity contribution in [2.45, 2.75) is 9.79 Å². The SMILES string of the molecule is CN1CN(c2cccc(Sc3cccc(N4CN(C)c5nccnc54)c3)c2)c2ncncc21. The van der Waals surface area contributed by atoms with E-state index < -0.39 is 0 Å². The number of benzene rings is 2. The molecule has 0 spiro atoms. The summed E-state index contributed by atoms with van der Waals surface area (Å²) in [7, 11) is 4.10. The topological polar surface area (TPSA) is 64.5 Å². The van der Waals surface area contributed by atoms with E-state index in [9.17, 15) is 0 Å². The van der Waals surface area contributed by atoms with Crippen molar-refractivity contribution in [3.05, 3.63) is 73.4 Å². The molecule has 0 amide bonds. The summed E-state index contributed by atoms with van der Waals surface area (Å²) in [4.78, 5) is 28.7. The van der Waals surface area contributed by atoms with Gasteiger partial charge in [0.15, 0.2) is 17.5 Å². The summed E-state index contributed by atoms with van der Waals surface area (Å²) >= 11 is 1.75. The zero-order valence-corrected chi connectivity index (χ0v) is 19.1. The molecule has 0 radical (unpaired) electrons. The van der Waals surface area contributed by atoms with Gasteiger partial charge >= 0.3 is 0 Å². The molecule has 0 N–H and O–H groups in total. The molecule has 4 aromatic rings. The van der Waals surface area contributed by atoms with Crippen molar-refractivity contribution in [2.24, 2.45) is 0 Å². The van der Waals surface area contributed by atoms with E-state index in [0.717, 1.165) is 47.9 Å². The molecule has 2 aliphatic heterocycles. The number of anilines is 6. The summed E-state index contributed by atoms with van der Waals surface area (Å²) in [6.45, 7) is 1.48. The highest BCUT2D eigenvalue weighted by Gasteiger charge is 2.28. The first-order chi connectivity index (χ1) is 16.2. The van der Waals surface area contributed by atoms with E-state index in [2.05, 4.69) is 95.1 Å². The van der Waals surface area contributed by atoms with Gasteiger partial charge in [-0.2, -0.15) is 0 Å². The number of hydrogen-bond acceptors (Lipinski definition) is 9. The van der Waals surface area contributed by atoms with Crippen LogP contribution in [0.5, 0.6) is 0 Å². The molecule has 4 heterocycles. The Kier molecular flexibility index (Phi) is 4.76. The highest BCUT2D eigenvalue weighted by Crippen LogP contribution is 2.41. The smallest absolute Gasteiger partial charge is 0.178 e. The van der Waals surface area contributed by atoms with Crippen LogP contribution in [0.2, 0.25) is 0 Å². The summed E-state index contributed by atoms with van der Waals surface area (Å²) in [5.74, 6) is 2.74. The molecule has 8 nitrogen and oxygen atoms in total. The van der Waals surface area contributed by atoms with E-state index in [1.165, 1.54) is 9.79 Å². The predicted octanol–water partition coefficient (Wildman–Crippen LogP) is 4.51. The molecule has 2 aliphatic rings. The summed E-state index contributed by atoms with van der Waals surface area (Å²) in [5, 5.41) is 0. The zero-order valence-electron chi connectivity index (χ0n) is 18.3. The molecular weight excluding hydrogens is 432 g/mol. The number of nitrogens with zero attached hydrogens (tertiary/aromatic N) is 8. The van der Waals surface area contributed by atoms with Crippen molar-refractivity contribution in [3.8, 4) is 0 Å². The quantitative estimate of drug-likeness (QED) is 0.443. The fraction of sp³-hybridized carbons (Fsp3) is 0.167. The van der Waals surface area contributed by atoms with Crippen molar-refractivity contribution in [2.75, 3.05) is 47.0 Å². The lowest BCUT2D eigenvalue weighted by Crippen LogP contribution is -2.24. The van der Waals surface area contributed by atoms with Crippen LogP contribution in [0.3, 0.4) is 0 Å². The predicted molar refractivity (Wildman–Crippen MR) is 132 cm³/mol. The Morgan fingerprint density at radius 2 is 1.36 bits per heavy atom. The minimum absolute atomic E-state index is 0.729. The molecule has 0 saturated carbocycles. The number of rotatable bonds is 4. The van der Waals surface area contributed by atoms with Gasteiger partial charge in [0.25, 0.3) is 0 Å². The Morgan fingerprint density at radius 1 is 0.727 bits per heavy atom. The van der Waals surface area contributed by atoms with Crippen LogP contribution in [0.1, 0.15) is 0 Å². The van der Waals surface area contributed by atoms with Crippen LogP contribution in [-0.2, 0) is 0 Å². The van der Waals surface area contributed by atoms with E-state index >= 15 is 0 Å². The molecule has 164 valence electrons. The largest absolute Gasteiger partial charge is 0.352 e. The summed E-state index contributed by atoms with van der Waals surface area (Å²) < 4.78 is 0. The van der Waals surface area contributed by atoms with Crippen molar-refractivity contribution < 1.29 is 0 Å². The average molecular weight is 455 g/mol. The Morgan fingerprint density at radius 3 is 2.09 bits per heavy atom. The molecule has 0 bridgehead atoms. The Balaban J connectivity index is 1.27. The third-order valence-electron chi connectivity index (χ3n) is 5.82. The normalized spacial score (nSPS) is 14.6. The van der Waals surface area contributed by atoms with Gasteiger partial charge < -0.3 is 19.6 Å². The number of aromatic nitrogens is 4. The van der Waals surface area contributed by atoms with Crippen molar-refractivity contribution in [1.82, 2.24) is 19.9 Å². The first-order valence-electron chi connectivity index (χ1n) is 10.6. The Labute approximate surface area is 196 Å². The van der Waals surface area contributed by atoms with Crippen LogP contribution in [-0.4, -0.2) is 47.4 Å². The summed E-state index contributed by atoms with van der Waals surface area (Å²) in [6.07, 6.45) is 6.95. The summed E-state index contributed by atoms with van der Waals surface area (Å²) in [6, 6.07) is 17.2. The minimum Gasteiger partial charge on any atom is -0.352 e. The molecule has 0 unspecified atom stereocenters. The molecule has 33 heavy (non-hydrogen) atoms. The molecule has 0 atom stereocenters. The maximum atomic E-state index is 4.56. The first kappa shape index (κ1) is 19.8. The van der Waals surface area contributed by atoms with Gasteiger partial charge in [0.1, 0.15) is 12.0 Å². The van der Waals surface area contributed by atoms with Crippen LogP contribution >= 0.6 is 11.8 Å². The van der Waals surface area contributed by atoms with Crippen molar-refractivity contribution in [1.29, 1.82) is 0 Å². The zero-order chi connectivity index (χ0) is 22.4. The van der Waals surface area contributed by atoms with Gasteiger partial charge in [0.2, 0.25) is 0 Å². The molecule has 6 rings (SSSR count). The lowest BCUT2D eigenvalue weighted by molar-refractivity contribution is 0.934. The van der Waals surface area contributed by atoms with Crippen LogP contribution in [0.25, 0.3) is 0 Å². The minimum atomic E-state index is 0.729. The molecular formula is C24H22N8S. The molecule has 2 aromatic heterocycles. The second-order valence-electron chi connectivity index (χ2n) is 8.07. The molecule has 0 aliphatic carbocycles. The monoisotopic (exact) mass is 454 g/mol. The lowest BCUT2D eigenvalue weighted by Gasteiger charge is -2.20. The van der Waals surface area contributed by atoms with Gasteiger partial charge in [-0.3, -0.25) is 0 Å². The van der Waals surface area contributed by atoms with Gasteiger partial charge in [-0.1, -0.05) is 23.9 Å². The lowest BCUT2D eigenvalue weighted by atomic mass is 10.3. The second kappa shape index (κ2) is 7.93. The summed E-state index contributed by atoms with van der Waals surface area (Å²) in [5.41, 5.74) is 3.27. The first-order valence-corrected chi connectivity index (χ1v) is 11.5. The number of hydrogen-bond donors (Lipinski definition) is 0. The fourth-order valence-corrected chi connectivity index (χ4v) is 5.18. The Hall–Kier alpha value is -3.85. The van der Waals surface area contributed by atoms with Crippen molar-refractivity contribution >= 4 is 46.3 Å². The van der Waals surface area contributed by atoms with Crippen LogP contribution in [0.4, 0.5) is 34.5 Å². The van der Waals surface area contributed by atoms with Crippen LogP contribution < -0.4 is 19.6 Å². The second-order valence-corrected chi connectivity index (χ2v) is 9.21. The van der Waals surface area contributed by atoms with E-state index in [-0.39, 0.29) is 0 Å². The number of fused-ring (bicyclic) bond motifs is 2. The maximum Gasteiger partial charge on any atom is 0.178 e. The highest BCUT2D eigenvalue weighted by molar-refractivity contribution is 7.99. The molecule has 0 saturated heterocycles. The van der Waals surface area contributed by atoms with Gasteiger partial charge in [-0.25, -0.2) is 19.9 Å². The third-order valence-corrected chi connectivity index (χ3v) is 6.80. The fourth-order valence-electron chi connectivity index (χ4n) is 4.25. The van der Waals surface area contributed by atoms with Gasteiger partial charge in [-0.15, -0.1) is 0 Å². The van der Waals surface area contributed by atoms with E-state index in [1.54, 1.807) is 30.5 Å². The van der Waals surface area contributed by atoms with E-state index in [0.29, 0.717) is 0 Å². The average Bonchev–Trinajstić information content (AvgIpc) is 3.37. The van der Waals surface area contributed by atoms with E-state index in [1.807, 2.05) is 13.2 Å². The van der Waals surface area contributed by atoms with Gasteiger partial charge in [0, 0.05) is 47.7 Å². The molecule has 9 heteroatoms. The molecule has 2 aromatic carbocycles. The van der Waals surface area contributed by atoms with Gasteiger partial charge in [-0.05, 0) is 36.4 Å². The Bertz CT molecular complexity index is 1230. The van der Waals surface area contributed by atoms with E-state index in [4.69, 9.17) is 0 Å². The maximum absolute atomic E-state index is 4.56. The van der Waals surface area contributed by atoms with Crippen molar-refractivity contribution in [3.63, 3.8) is 0 Å². The highest BCUT2D eigenvalue weighted by atomic mass is 32.2. The van der Waals surface area contributed by atoms with Crippen LogP contribution in [0.15, 0.2) is 83.2 Å². The van der Waals surface area contributed by atoms with Crippen LogP contribution in [0, 0.1) is 0 Å². The third kappa shape index (κ3) is 3.50. The molecule has 0 fully saturated rings. The standard InChI is InChI=1S/C24H22N8S/c1-29-15-31(22-21(29)13-25-14-28-22)17-5-3-7-19(11-17)33-20-8-4-6-18(12-20)32-16-30(2)23-24(32)27-10-9-26-23/h3-14H,15-16H2,1-2H3. The van der Waals surface area contributed by atoms with Gasteiger partial charge in [0.05, 0.1) is 19.5 Å².